The van der Waals surface area contributed by atoms with E-state index in [4.69, 9.17) is 9.15 Å². The summed E-state index contributed by atoms with van der Waals surface area (Å²) in [5.74, 6) is 0.631. The van der Waals surface area contributed by atoms with Gasteiger partial charge in [0.2, 0.25) is 0 Å². The highest BCUT2D eigenvalue weighted by atomic mass is 32.2. The highest BCUT2D eigenvalue weighted by Gasteiger charge is 2.14. The minimum Gasteiger partial charge on any atom is -0.497 e. The molecule has 7 heteroatoms. The number of nitrogens with one attached hydrogen (secondary N) is 1. The zero-order valence-electron chi connectivity index (χ0n) is 14.6. The predicted molar refractivity (Wildman–Crippen MR) is 99.4 cm³/mol. The topological polar surface area (TPSA) is 68.5 Å². The predicted octanol–water partition coefficient (Wildman–Crippen LogP) is 3.67. The fourth-order valence-corrected chi connectivity index (χ4v) is 3.45. The van der Waals surface area contributed by atoms with E-state index in [1.807, 2.05) is 0 Å². The Hall–Kier alpha value is -2.93. The minimum absolute atomic E-state index is 0.119. The van der Waals surface area contributed by atoms with Crippen LogP contribution in [0.3, 0.4) is 0 Å². The number of furan rings is 1. The van der Waals surface area contributed by atoms with Crippen molar-refractivity contribution in [2.45, 2.75) is 17.2 Å². The molecule has 1 N–H and O–H groups in total. The zero-order valence-corrected chi connectivity index (χ0v) is 15.4. The number of hydrogen-bond donors (Lipinski definition) is 1. The number of rotatable bonds is 7. The summed E-state index contributed by atoms with van der Waals surface area (Å²) in [6.07, 6.45) is 0. The molecule has 0 aliphatic heterocycles. The van der Waals surface area contributed by atoms with Gasteiger partial charge in [-0.2, -0.15) is 0 Å². The first-order chi connectivity index (χ1) is 13.0. The Morgan fingerprint density at radius 2 is 1.93 bits per heavy atom. The highest BCUT2D eigenvalue weighted by Crippen LogP contribution is 2.18. The number of hydrogen-bond acceptors (Lipinski definition) is 4. The van der Waals surface area contributed by atoms with Crippen molar-refractivity contribution in [3.05, 3.63) is 83.6 Å². The molecule has 1 amide bonds. The number of ether oxygens (including phenoxy) is 1. The van der Waals surface area contributed by atoms with E-state index in [9.17, 15) is 13.4 Å². The van der Waals surface area contributed by atoms with Crippen molar-refractivity contribution in [3.63, 3.8) is 0 Å². The van der Waals surface area contributed by atoms with E-state index in [0.29, 0.717) is 22.0 Å². The van der Waals surface area contributed by atoms with Gasteiger partial charge in [0, 0.05) is 11.4 Å². The molecule has 0 aliphatic carbocycles. The number of carbonyl (C=O) groups excluding carboxylic acids is 1. The maximum Gasteiger partial charge on any atom is 0.287 e. The van der Waals surface area contributed by atoms with Crippen LogP contribution in [0.25, 0.3) is 0 Å². The van der Waals surface area contributed by atoms with E-state index < -0.39 is 16.7 Å². The molecule has 3 aromatic rings. The Morgan fingerprint density at radius 3 is 2.63 bits per heavy atom. The molecule has 2 aromatic carbocycles. The third-order valence-electron chi connectivity index (χ3n) is 3.82. The molecule has 0 saturated carbocycles. The van der Waals surface area contributed by atoms with E-state index in [0.717, 1.165) is 0 Å². The average Bonchev–Trinajstić information content (AvgIpc) is 3.15. The SMILES string of the molecule is COc1ccc([S@@](=O)Cc2ccc(C(=O)NCc3cccc(F)c3)o2)cc1. The molecule has 0 aliphatic rings. The van der Waals surface area contributed by atoms with Crippen LogP contribution < -0.4 is 10.1 Å². The van der Waals surface area contributed by atoms with Crippen LogP contribution in [-0.4, -0.2) is 17.2 Å². The Morgan fingerprint density at radius 1 is 1.15 bits per heavy atom. The number of amides is 1. The van der Waals surface area contributed by atoms with E-state index >= 15 is 0 Å². The van der Waals surface area contributed by atoms with Crippen LogP contribution in [0.1, 0.15) is 21.9 Å². The summed E-state index contributed by atoms with van der Waals surface area (Å²) >= 11 is 0. The van der Waals surface area contributed by atoms with Gasteiger partial charge in [0.15, 0.2) is 5.76 Å². The first-order valence-corrected chi connectivity index (χ1v) is 9.51. The Kier molecular flexibility index (Phi) is 6.03. The van der Waals surface area contributed by atoms with Gasteiger partial charge in [-0.3, -0.25) is 9.00 Å². The van der Waals surface area contributed by atoms with Gasteiger partial charge in [0.05, 0.1) is 23.7 Å². The maximum atomic E-state index is 13.2. The monoisotopic (exact) mass is 387 g/mol. The van der Waals surface area contributed by atoms with Crippen LogP contribution in [0, 0.1) is 5.82 Å². The molecule has 27 heavy (non-hydrogen) atoms. The van der Waals surface area contributed by atoms with Gasteiger partial charge in [-0.15, -0.1) is 0 Å². The van der Waals surface area contributed by atoms with Crippen molar-refractivity contribution < 1.29 is 22.5 Å². The summed E-state index contributed by atoms with van der Waals surface area (Å²) in [6.45, 7) is 0.185. The van der Waals surface area contributed by atoms with Gasteiger partial charge in [-0.1, -0.05) is 12.1 Å². The van der Waals surface area contributed by atoms with Crippen molar-refractivity contribution >= 4 is 16.7 Å². The third-order valence-corrected chi connectivity index (χ3v) is 5.17. The summed E-state index contributed by atoms with van der Waals surface area (Å²) in [4.78, 5) is 12.8. The van der Waals surface area contributed by atoms with Crippen molar-refractivity contribution in [3.8, 4) is 5.75 Å². The lowest BCUT2D eigenvalue weighted by Crippen LogP contribution is -2.22. The Labute approximate surface area is 158 Å². The summed E-state index contributed by atoms with van der Waals surface area (Å²) in [6, 6.07) is 16.1. The molecular weight excluding hydrogens is 369 g/mol. The second-order valence-electron chi connectivity index (χ2n) is 5.74. The van der Waals surface area contributed by atoms with Gasteiger partial charge in [0.1, 0.15) is 17.3 Å². The van der Waals surface area contributed by atoms with E-state index in [1.165, 1.54) is 18.2 Å². The molecule has 1 aromatic heterocycles. The van der Waals surface area contributed by atoms with Gasteiger partial charge < -0.3 is 14.5 Å². The molecule has 0 unspecified atom stereocenters. The lowest BCUT2D eigenvalue weighted by Gasteiger charge is -2.04. The molecule has 1 heterocycles. The van der Waals surface area contributed by atoms with E-state index in [1.54, 1.807) is 49.6 Å². The van der Waals surface area contributed by atoms with Crippen molar-refractivity contribution in [2.75, 3.05) is 7.11 Å². The molecule has 0 bridgehead atoms. The lowest BCUT2D eigenvalue weighted by atomic mass is 10.2. The fourth-order valence-electron chi connectivity index (χ4n) is 2.43. The Bertz CT molecular complexity index is 953. The zero-order chi connectivity index (χ0) is 19.2. The Balaban J connectivity index is 1.58. The van der Waals surface area contributed by atoms with Crippen LogP contribution in [0.4, 0.5) is 4.39 Å². The summed E-state index contributed by atoms with van der Waals surface area (Å²) in [7, 11) is 0.262. The smallest absolute Gasteiger partial charge is 0.287 e. The normalized spacial score (nSPS) is 11.8. The molecule has 0 saturated heterocycles. The minimum atomic E-state index is -1.30. The largest absolute Gasteiger partial charge is 0.497 e. The number of carbonyl (C=O) groups is 1. The van der Waals surface area contributed by atoms with Gasteiger partial charge in [-0.25, -0.2) is 4.39 Å². The van der Waals surface area contributed by atoms with Crippen molar-refractivity contribution in [2.24, 2.45) is 0 Å². The van der Waals surface area contributed by atoms with Crippen LogP contribution in [0.15, 0.2) is 70.0 Å². The molecule has 5 nitrogen and oxygen atoms in total. The van der Waals surface area contributed by atoms with Gasteiger partial charge in [0.25, 0.3) is 5.91 Å². The average molecular weight is 387 g/mol. The van der Waals surface area contributed by atoms with E-state index in [2.05, 4.69) is 5.32 Å². The summed E-state index contributed by atoms with van der Waals surface area (Å²) in [5.41, 5.74) is 0.649. The molecular formula is C20H18FNO4S. The highest BCUT2D eigenvalue weighted by molar-refractivity contribution is 7.84. The fraction of sp³-hybridized carbons (Fsp3) is 0.150. The van der Waals surface area contributed by atoms with Crippen LogP contribution in [0.5, 0.6) is 5.75 Å². The molecule has 140 valence electrons. The van der Waals surface area contributed by atoms with Crippen LogP contribution >= 0.6 is 0 Å². The molecule has 0 radical (unpaired) electrons. The second kappa shape index (κ2) is 8.64. The van der Waals surface area contributed by atoms with Crippen LogP contribution in [0.2, 0.25) is 0 Å². The quantitative estimate of drug-likeness (QED) is 0.672. The molecule has 0 spiro atoms. The van der Waals surface area contributed by atoms with Crippen molar-refractivity contribution in [1.29, 1.82) is 0 Å². The van der Waals surface area contributed by atoms with Gasteiger partial charge in [-0.05, 0) is 54.1 Å². The molecule has 3 rings (SSSR count). The number of halogens is 1. The molecule has 0 fully saturated rings. The lowest BCUT2D eigenvalue weighted by molar-refractivity contribution is 0.0921. The first kappa shape index (κ1) is 18.8. The number of benzene rings is 2. The van der Waals surface area contributed by atoms with Crippen LogP contribution in [-0.2, 0) is 23.1 Å². The van der Waals surface area contributed by atoms with E-state index in [-0.39, 0.29) is 23.9 Å². The summed E-state index contributed by atoms with van der Waals surface area (Å²) in [5, 5.41) is 2.66. The molecule has 1 atom stereocenters. The maximum absolute atomic E-state index is 13.2. The first-order valence-electron chi connectivity index (χ1n) is 8.19. The second-order valence-corrected chi connectivity index (χ2v) is 7.20. The standard InChI is InChI=1S/C20H18FNO4S/c1-25-16-5-8-18(9-6-16)27(24)13-17-7-10-19(26-17)20(23)22-12-14-3-2-4-15(21)11-14/h2-11H,12-13H2,1H3,(H,22,23)/t27-/m0/s1. The number of methoxy groups -OCH3 is 1. The van der Waals surface area contributed by atoms with Gasteiger partial charge >= 0.3 is 0 Å². The van der Waals surface area contributed by atoms with Crippen molar-refractivity contribution in [1.82, 2.24) is 5.32 Å². The summed E-state index contributed by atoms with van der Waals surface area (Å²) < 4.78 is 36.1. The third kappa shape index (κ3) is 5.04.